The Labute approximate surface area is 174 Å². The summed E-state index contributed by atoms with van der Waals surface area (Å²) in [6, 6.07) is 13.3. The van der Waals surface area contributed by atoms with Crippen LogP contribution in [0.4, 0.5) is 0 Å². The second-order valence-electron chi connectivity index (χ2n) is 7.16. The van der Waals surface area contributed by atoms with E-state index >= 15 is 0 Å². The molecule has 0 spiro atoms. The third-order valence-electron chi connectivity index (χ3n) is 4.92. The zero-order chi connectivity index (χ0) is 21.8. The molecule has 0 fully saturated rings. The number of fused-ring (bicyclic) bond motifs is 1. The molecule has 1 aromatic heterocycles. The lowest BCUT2D eigenvalue weighted by atomic mass is 10.1. The topological polar surface area (TPSA) is 107 Å². The minimum absolute atomic E-state index is 0.00702. The van der Waals surface area contributed by atoms with Gasteiger partial charge in [-0.1, -0.05) is 18.2 Å². The highest BCUT2D eigenvalue weighted by molar-refractivity contribution is 6.13. The van der Waals surface area contributed by atoms with E-state index in [9.17, 15) is 14.7 Å². The van der Waals surface area contributed by atoms with E-state index in [1.807, 2.05) is 49.4 Å². The lowest BCUT2D eigenvalue weighted by Gasteiger charge is -2.09. The van der Waals surface area contributed by atoms with Gasteiger partial charge in [-0.25, -0.2) is 0 Å². The number of amides is 1. The van der Waals surface area contributed by atoms with Crippen LogP contribution in [-0.4, -0.2) is 40.7 Å². The first-order valence-electron chi connectivity index (χ1n) is 9.61. The highest BCUT2D eigenvalue weighted by Crippen LogP contribution is 2.36. The Morgan fingerprint density at radius 1 is 1.17 bits per heavy atom. The van der Waals surface area contributed by atoms with E-state index in [1.54, 1.807) is 18.6 Å². The molecule has 7 heteroatoms. The first-order chi connectivity index (χ1) is 14.3. The summed E-state index contributed by atoms with van der Waals surface area (Å²) in [5.74, 6) is 0.0153. The molecule has 30 heavy (non-hydrogen) atoms. The molecule has 0 saturated heterocycles. The molecule has 0 unspecified atom stereocenters. The molecule has 0 aliphatic rings. The number of Topliss-reactive ketones (excluding diaryl/α,β-unsaturated/α-hetero) is 1. The van der Waals surface area contributed by atoms with Gasteiger partial charge in [0.15, 0.2) is 5.78 Å². The van der Waals surface area contributed by atoms with Gasteiger partial charge < -0.3 is 15.6 Å². The van der Waals surface area contributed by atoms with Gasteiger partial charge in [0.25, 0.3) is 0 Å². The first-order valence-corrected chi connectivity index (χ1v) is 9.61. The molecule has 2 aromatic carbocycles. The molecule has 0 radical (unpaired) electrons. The number of carbonyl (C=O) groups excluding carboxylic acids is 2. The van der Waals surface area contributed by atoms with Crippen molar-refractivity contribution in [3.05, 3.63) is 53.6 Å². The summed E-state index contributed by atoms with van der Waals surface area (Å²) in [7, 11) is 1.59. The number of hydrogen-bond donors (Lipinski definition) is 2. The number of methoxy groups -OCH3 is 1. The van der Waals surface area contributed by atoms with Crippen LogP contribution in [0.5, 0.6) is 11.6 Å². The third-order valence-corrected chi connectivity index (χ3v) is 4.92. The fourth-order valence-corrected chi connectivity index (χ4v) is 3.38. The van der Waals surface area contributed by atoms with E-state index in [2.05, 4.69) is 4.99 Å². The van der Waals surface area contributed by atoms with Gasteiger partial charge in [-0.05, 0) is 37.6 Å². The number of benzene rings is 2. The predicted molar refractivity (Wildman–Crippen MR) is 117 cm³/mol. The molecule has 0 aliphatic heterocycles. The maximum atomic E-state index is 12.0. The Kier molecular flexibility index (Phi) is 6.20. The predicted octanol–water partition coefficient (Wildman–Crippen LogP) is 3.30. The average molecular weight is 407 g/mol. The number of nitrogens with zero attached hydrogens (tertiary/aromatic N) is 2. The van der Waals surface area contributed by atoms with Crippen LogP contribution in [0.15, 0.2) is 47.5 Å². The van der Waals surface area contributed by atoms with Crippen LogP contribution in [0, 0.1) is 6.92 Å². The second kappa shape index (κ2) is 8.82. The number of carbonyl (C=O) groups is 2. The molecular formula is C23H25N3O4. The van der Waals surface area contributed by atoms with Crippen molar-refractivity contribution in [3.63, 3.8) is 0 Å². The minimum Gasteiger partial charge on any atom is -0.497 e. The summed E-state index contributed by atoms with van der Waals surface area (Å²) in [6.45, 7) is 3.67. The third kappa shape index (κ3) is 4.35. The molecule has 7 nitrogen and oxygen atoms in total. The monoisotopic (exact) mass is 407 g/mol. The number of aromatic hydroxyl groups is 1. The van der Waals surface area contributed by atoms with Crippen molar-refractivity contribution in [2.24, 2.45) is 10.7 Å². The standard InChI is InChI=1S/C23H25N3O4/c1-14-7-9-19-20(11-14)26(16-5-4-6-18(12-16)30-3)23(29)22(19)15(2)25-13-17(27)8-10-21(24)28/h4-7,9,11-12,29H,8,10,13H2,1-3H3,(H2,24,28). The van der Waals surface area contributed by atoms with Gasteiger partial charge in [0.05, 0.1) is 30.4 Å². The average Bonchev–Trinajstić information content (AvgIpc) is 3.01. The summed E-state index contributed by atoms with van der Waals surface area (Å²) in [6.07, 6.45) is 0.0654. The van der Waals surface area contributed by atoms with Crippen LogP contribution in [-0.2, 0) is 9.59 Å². The fraction of sp³-hybridized carbons (Fsp3) is 0.261. The Morgan fingerprint density at radius 3 is 2.63 bits per heavy atom. The van der Waals surface area contributed by atoms with Gasteiger partial charge in [0.1, 0.15) is 5.75 Å². The van der Waals surface area contributed by atoms with Crippen molar-refractivity contribution >= 4 is 28.3 Å². The molecule has 1 heterocycles. The van der Waals surface area contributed by atoms with Crippen molar-refractivity contribution in [1.29, 1.82) is 0 Å². The van der Waals surface area contributed by atoms with Gasteiger partial charge in [0, 0.05) is 30.0 Å². The molecule has 156 valence electrons. The summed E-state index contributed by atoms with van der Waals surface area (Å²) in [5.41, 5.74) is 8.81. The summed E-state index contributed by atoms with van der Waals surface area (Å²) < 4.78 is 7.07. The summed E-state index contributed by atoms with van der Waals surface area (Å²) >= 11 is 0. The second-order valence-corrected chi connectivity index (χ2v) is 7.16. The molecule has 0 aliphatic carbocycles. The van der Waals surface area contributed by atoms with Gasteiger partial charge in [-0.3, -0.25) is 19.1 Å². The number of rotatable bonds is 8. The number of primary amides is 1. The molecule has 0 saturated carbocycles. The van der Waals surface area contributed by atoms with Crippen LogP contribution in [0.3, 0.4) is 0 Å². The Hall–Kier alpha value is -3.61. The molecule has 3 N–H and O–H groups in total. The van der Waals surface area contributed by atoms with E-state index in [0.717, 1.165) is 22.2 Å². The van der Waals surface area contributed by atoms with E-state index in [4.69, 9.17) is 10.5 Å². The van der Waals surface area contributed by atoms with Crippen molar-refractivity contribution < 1.29 is 19.4 Å². The molecule has 0 atom stereocenters. The largest absolute Gasteiger partial charge is 0.497 e. The van der Waals surface area contributed by atoms with Crippen LogP contribution in [0.2, 0.25) is 0 Å². The van der Waals surface area contributed by atoms with Crippen molar-refractivity contribution in [2.45, 2.75) is 26.7 Å². The fourth-order valence-electron chi connectivity index (χ4n) is 3.38. The molecular weight excluding hydrogens is 382 g/mol. The van der Waals surface area contributed by atoms with Gasteiger partial charge in [-0.2, -0.15) is 0 Å². The normalized spacial score (nSPS) is 11.6. The maximum absolute atomic E-state index is 12.0. The van der Waals surface area contributed by atoms with E-state index in [0.29, 0.717) is 17.0 Å². The number of nitrogens with two attached hydrogens (primary N) is 1. The van der Waals surface area contributed by atoms with Gasteiger partial charge >= 0.3 is 0 Å². The molecule has 0 bridgehead atoms. The summed E-state index contributed by atoms with van der Waals surface area (Å²) in [5, 5.41) is 12.0. The number of aromatic nitrogens is 1. The number of aryl methyl sites for hydroxylation is 1. The van der Waals surface area contributed by atoms with Crippen LogP contribution >= 0.6 is 0 Å². The van der Waals surface area contributed by atoms with Crippen molar-refractivity contribution in [3.8, 4) is 17.3 Å². The van der Waals surface area contributed by atoms with E-state index in [1.165, 1.54) is 0 Å². The minimum atomic E-state index is -0.515. The number of ketones is 1. The number of ether oxygens (including phenoxy) is 1. The van der Waals surface area contributed by atoms with Crippen LogP contribution in [0.1, 0.15) is 30.9 Å². The van der Waals surface area contributed by atoms with Crippen LogP contribution < -0.4 is 10.5 Å². The zero-order valence-electron chi connectivity index (χ0n) is 17.3. The summed E-state index contributed by atoms with van der Waals surface area (Å²) in [4.78, 5) is 27.2. The molecule has 3 rings (SSSR count). The quantitative estimate of drug-likeness (QED) is 0.559. The smallest absolute Gasteiger partial charge is 0.217 e. The zero-order valence-corrected chi connectivity index (χ0v) is 17.3. The first kappa shape index (κ1) is 21.1. The maximum Gasteiger partial charge on any atom is 0.217 e. The number of aliphatic imine (C=N–C) groups is 1. The van der Waals surface area contributed by atoms with Gasteiger partial charge in [0.2, 0.25) is 11.8 Å². The van der Waals surface area contributed by atoms with E-state index in [-0.39, 0.29) is 31.0 Å². The number of hydrogen-bond acceptors (Lipinski definition) is 5. The highest BCUT2D eigenvalue weighted by Gasteiger charge is 2.20. The molecule has 1 amide bonds. The lowest BCUT2D eigenvalue weighted by Crippen LogP contribution is -2.14. The highest BCUT2D eigenvalue weighted by atomic mass is 16.5. The Morgan fingerprint density at radius 2 is 1.93 bits per heavy atom. The lowest BCUT2D eigenvalue weighted by molar-refractivity contribution is -0.123. The van der Waals surface area contributed by atoms with Gasteiger partial charge in [-0.15, -0.1) is 0 Å². The SMILES string of the molecule is COc1cccc(-n2c(O)c(C(C)=NCC(=O)CCC(N)=O)c3ccc(C)cc32)c1. The Bertz CT molecular complexity index is 1140. The van der Waals surface area contributed by atoms with E-state index < -0.39 is 5.91 Å². The Balaban J connectivity index is 2.07. The van der Waals surface area contributed by atoms with Crippen molar-refractivity contribution in [2.75, 3.05) is 13.7 Å². The molecule has 3 aromatic rings. The van der Waals surface area contributed by atoms with Crippen LogP contribution in [0.25, 0.3) is 16.6 Å². The van der Waals surface area contributed by atoms with Crippen molar-refractivity contribution in [1.82, 2.24) is 4.57 Å².